The third kappa shape index (κ3) is 2.28. The molecule has 0 amide bonds. The second kappa shape index (κ2) is 5.58. The number of rotatable bonds is 2. The van der Waals surface area contributed by atoms with Gasteiger partial charge in [-0.25, -0.2) is 4.39 Å². The van der Waals surface area contributed by atoms with E-state index in [1.165, 1.54) is 12.1 Å². The number of hydrogen-bond acceptors (Lipinski definition) is 4. The van der Waals surface area contributed by atoms with Gasteiger partial charge in [0.1, 0.15) is 17.3 Å². The first-order chi connectivity index (χ1) is 11.6. The Morgan fingerprint density at radius 3 is 2.67 bits per heavy atom. The number of nitrogen functional groups attached to an aromatic ring is 1. The smallest absolute Gasteiger partial charge is 0.205 e. The average molecular weight is 340 g/mol. The summed E-state index contributed by atoms with van der Waals surface area (Å²) in [7, 11) is 0. The second-order valence-corrected chi connectivity index (χ2v) is 5.66. The lowest BCUT2D eigenvalue weighted by Crippen LogP contribution is -1.96. The molecule has 0 atom stereocenters. The van der Waals surface area contributed by atoms with Gasteiger partial charge < -0.3 is 5.73 Å². The number of anilines is 1. The van der Waals surface area contributed by atoms with Crippen molar-refractivity contribution in [2.75, 3.05) is 5.73 Å². The lowest BCUT2D eigenvalue weighted by Gasteiger charge is -2.11. The first-order valence-electron chi connectivity index (χ1n) is 7.16. The van der Waals surface area contributed by atoms with Crippen LogP contribution in [0.5, 0.6) is 0 Å². The molecule has 4 aromatic rings. The van der Waals surface area contributed by atoms with Crippen LogP contribution in [0.15, 0.2) is 48.5 Å². The SMILES string of the molecule is Nc1[nH]nc2nnc(-c3ccccc3Cl)c(-c3cccc(F)c3)c12. The molecule has 2 heterocycles. The minimum Gasteiger partial charge on any atom is -0.383 e. The van der Waals surface area contributed by atoms with Crippen LogP contribution in [0.3, 0.4) is 0 Å². The highest BCUT2D eigenvalue weighted by molar-refractivity contribution is 6.33. The molecule has 2 aromatic heterocycles. The third-order valence-corrected chi connectivity index (χ3v) is 4.08. The molecule has 0 aliphatic rings. The summed E-state index contributed by atoms with van der Waals surface area (Å²) in [6, 6.07) is 13.5. The Labute approximate surface area is 141 Å². The zero-order valence-corrected chi connectivity index (χ0v) is 13.0. The summed E-state index contributed by atoms with van der Waals surface area (Å²) in [6.07, 6.45) is 0. The number of H-pyrrole nitrogens is 1. The first-order valence-corrected chi connectivity index (χ1v) is 7.54. The maximum absolute atomic E-state index is 13.8. The van der Waals surface area contributed by atoms with E-state index >= 15 is 0 Å². The molecule has 0 saturated carbocycles. The largest absolute Gasteiger partial charge is 0.383 e. The molecule has 0 aliphatic carbocycles. The van der Waals surface area contributed by atoms with Gasteiger partial charge in [-0.3, -0.25) is 5.10 Å². The van der Waals surface area contributed by atoms with Gasteiger partial charge in [0.25, 0.3) is 0 Å². The fraction of sp³-hybridized carbons (Fsp3) is 0. The maximum Gasteiger partial charge on any atom is 0.205 e. The van der Waals surface area contributed by atoms with Crippen LogP contribution in [0.1, 0.15) is 0 Å². The van der Waals surface area contributed by atoms with Crippen molar-refractivity contribution >= 4 is 28.5 Å². The molecule has 24 heavy (non-hydrogen) atoms. The lowest BCUT2D eigenvalue weighted by molar-refractivity contribution is 0.628. The van der Waals surface area contributed by atoms with Crippen LogP contribution in [0.2, 0.25) is 5.02 Å². The zero-order chi connectivity index (χ0) is 16.7. The van der Waals surface area contributed by atoms with Gasteiger partial charge in [0.2, 0.25) is 5.65 Å². The minimum atomic E-state index is -0.357. The van der Waals surface area contributed by atoms with E-state index in [-0.39, 0.29) is 5.82 Å². The summed E-state index contributed by atoms with van der Waals surface area (Å²) >= 11 is 6.32. The van der Waals surface area contributed by atoms with E-state index in [1.807, 2.05) is 18.2 Å². The van der Waals surface area contributed by atoms with Gasteiger partial charge in [-0.05, 0) is 23.8 Å². The number of benzene rings is 2. The van der Waals surface area contributed by atoms with Crippen molar-refractivity contribution in [3.05, 3.63) is 59.4 Å². The van der Waals surface area contributed by atoms with Crippen molar-refractivity contribution in [1.82, 2.24) is 20.4 Å². The van der Waals surface area contributed by atoms with E-state index in [4.69, 9.17) is 17.3 Å². The number of fused-ring (bicyclic) bond motifs is 1. The highest BCUT2D eigenvalue weighted by atomic mass is 35.5. The van der Waals surface area contributed by atoms with E-state index in [1.54, 1.807) is 18.2 Å². The van der Waals surface area contributed by atoms with Gasteiger partial charge >= 0.3 is 0 Å². The van der Waals surface area contributed by atoms with E-state index in [9.17, 15) is 4.39 Å². The molecule has 5 nitrogen and oxygen atoms in total. The summed E-state index contributed by atoms with van der Waals surface area (Å²) in [5, 5.41) is 16.2. The summed E-state index contributed by atoms with van der Waals surface area (Å²) in [5.74, 6) is -0.0166. The maximum atomic E-state index is 13.8. The van der Waals surface area contributed by atoms with Crippen LogP contribution < -0.4 is 5.73 Å². The molecular weight excluding hydrogens is 329 g/mol. The highest BCUT2D eigenvalue weighted by Crippen LogP contribution is 2.39. The lowest BCUT2D eigenvalue weighted by atomic mass is 9.97. The van der Waals surface area contributed by atoms with Crippen LogP contribution in [-0.4, -0.2) is 20.4 Å². The summed E-state index contributed by atoms with van der Waals surface area (Å²) < 4.78 is 13.8. The van der Waals surface area contributed by atoms with Crippen molar-refractivity contribution in [1.29, 1.82) is 0 Å². The van der Waals surface area contributed by atoms with E-state index in [0.717, 1.165) is 0 Å². The van der Waals surface area contributed by atoms with E-state index in [0.29, 0.717) is 44.3 Å². The minimum absolute atomic E-state index is 0.340. The first kappa shape index (κ1) is 14.6. The fourth-order valence-corrected chi connectivity index (χ4v) is 2.92. The monoisotopic (exact) mass is 339 g/mol. The number of nitrogens with two attached hydrogens (primary N) is 1. The van der Waals surface area contributed by atoms with Gasteiger partial charge in [-0.1, -0.05) is 41.9 Å². The molecule has 0 fully saturated rings. The molecule has 0 unspecified atom stereocenters. The predicted octanol–water partition coefficient (Wildman–Crippen LogP) is 4.06. The van der Waals surface area contributed by atoms with E-state index < -0.39 is 0 Å². The van der Waals surface area contributed by atoms with Crippen LogP contribution >= 0.6 is 11.6 Å². The van der Waals surface area contributed by atoms with E-state index in [2.05, 4.69) is 20.4 Å². The van der Waals surface area contributed by atoms with Crippen LogP contribution in [0, 0.1) is 5.82 Å². The molecule has 0 spiro atoms. The van der Waals surface area contributed by atoms with Crippen molar-refractivity contribution in [2.45, 2.75) is 0 Å². The number of hydrogen-bond donors (Lipinski definition) is 2. The Morgan fingerprint density at radius 1 is 1.04 bits per heavy atom. The molecule has 0 bridgehead atoms. The van der Waals surface area contributed by atoms with Gasteiger partial charge in [0.05, 0.1) is 10.4 Å². The number of halogens is 2. The molecular formula is C17H11ClFN5. The highest BCUT2D eigenvalue weighted by Gasteiger charge is 2.20. The van der Waals surface area contributed by atoms with Crippen molar-refractivity contribution in [3.8, 4) is 22.4 Å². The predicted molar refractivity (Wildman–Crippen MR) is 91.9 cm³/mol. The summed E-state index contributed by atoms with van der Waals surface area (Å²) in [5.41, 5.74) is 8.86. The molecule has 0 saturated heterocycles. The second-order valence-electron chi connectivity index (χ2n) is 5.25. The Morgan fingerprint density at radius 2 is 1.88 bits per heavy atom. The number of aromatic amines is 1. The average Bonchev–Trinajstić information content (AvgIpc) is 2.96. The van der Waals surface area contributed by atoms with Crippen molar-refractivity contribution in [3.63, 3.8) is 0 Å². The third-order valence-electron chi connectivity index (χ3n) is 3.75. The topological polar surface area (TPSA) is 80.5 Å². The molecule has 0 aliphatic heterocycles. The van der Waals surface area contributed by atoms with Gasteiger partial charge in [0, 0.05) is 11.1 Å². The Kier molecular flexibility index (Phi) is 3.39. The number of aromatic nitrogens is 4. The van der Waals surface area contributed by atoms with Gasteiger partial charge in [-0.2, -0.15) is 5.10 Å². The quantitative estimate of drug-likeness (QED) is 0.577. The Hall–Kier alpha value is -2.99. The van der Waals surface area contributed by atoms with Crippen molar-refractivity contribution in [2.24, 2.45) is 0 Å². The van der Waals surface area contributed by atoms with Crippen LogP contribution in [0.4, 0.5) is 10.2 Å². The Bertz CT molecular complexity index is 1060. The van der Waals surface area contributed by atoms with Gasteiger partial charge in [0.15, 0.2) is 0 Å². The van der Waals surface area contributed by atoms with Crippen LogP contribution in [-0.2, 0) is 0 Å². The van der Waals surface area contributed by atoms with Crippen LogP contribution in [0.25, 0.3) is 33.4 Å². The fourth-order valence-electron chi connectivity index (χ4n) is 2.70. The summed E-state index contributed by atoms with van der Waals surface area (Å²) in [4.78, 5) is 0. The molecule has 7 heteroatoms. The normalized spacial score (nSPS) is 11.1. The van der Waals surface area contributed by atoms with Gasteiger partial charge in [-0.15, -0.1) is 10.2 Å². The summed E-state index contributed by atoms with van der Waals surface area (Å²) in [6.45, 7) is 0. The standard InChI is InChI=1S/C17H11ClFN5/c18-12-7-2-1-6-11(12)15-13(9-4-3-5-10(19)8-9)14-16(20)22-24-17(14)23-21-15/h1-8H,(H3,20,22,23,24). The molecule has 4 rings (SSSR count). The molecule has 3 N–H and O–H groups in total. The number of nitrogens with one attached hydrogen (secondary N) is 1. The molecule has 2 aromatic carbocycles. The zero-order valence-electron chi connectivity index (χ0n) is 12.3. The Balaban J connectivity index is 2.13. The molecule has 118 valence electrons. The van der Waals surface area contributed by atoms with Crippen molar-refractivity contribution < 1.29 is 4.39 Å². The number of nitrogens with zero attached hydrogens (tertiary/aromatic N) is 3. The molecule has 0 radical (unpaired) electrons.